The Labute approximate surface area is 154 Å². The maximum Gasteiger partial charge on any atom is 0.336 e. The predicted molar refractivity (Wildman–Crippen MR) is 95.4 cm³/mol. The molecular weight excluding hydrogens is 354 g/mol. The molecule has 3 rings (SSSR count). The molecule has 0 saturated heterocycles. The minimum atomic E-state index is -1.07. The Bertz CT molecular complexity index is 1030. The Balaban J connectivity index is 2.06. The lowest BCUT2D eigenvalue weighted by atomic mass is 10.0. The minimum Gasteiger partial charge on any atom is -0.478 e. The van der Waals surface area contributed by atoms with E-state index in [1.807, 2.05) is 0 Å². The van der Waals surface area contributed by atoms with Crippen LogP contribution in [0.25, 0.3) is 11.1 Å². The number of halogens is 1. The summed E-state index contributed by atoms with van der Waals surface area (Å²) in [7, 11) is 0. The van der Waals surface area contributed by atoms with Gasteiger partial charge in [-0.3, -0.25) is 0 Å². The van der Waals surface area contributed by atoms with Crippen LogP contribution < -0.4 is 4.74 Å². The molecule has 6 nitrogen and oxygen atoms in total. The van der Waals surface area contributed by atoms with Crippen molar-refractivity contribution in [3.05, 3.63) is 70.5 Å². The van der Waals surface area contributed by atoms with Gasteiger partial charge < -0.3 is 9.84 Å². The summed E-state index contributed by atoms with van der Waals surface area (Å²) in [6, 6.07) is 11.9. The summed E-state index contributed by atoms with van der Waals surface area (Å²) >= 11 is 6.16. The topological polar surface area (TPSA) is 96.1 Å². The number of aryl methyl sites for hydroxylation is 1. The standard InChI is InChI=1S/C19H12ClN3O3/c1-11-7-18(16(20)8-14(11)19(24)25)26-17-4-2-3-13(15(17)9-21)12-5-6-22-23-10-12/h2-8,10H,1H3,(H,24,25). The van der Waals surface area contributed by atoms with E-state index in [1.54, 1.807) is 37.4 Å². The van der Waals surface area contributed by atoms with Gasteiger partial charge in [0, 0.05) is 11.1 Å². The highest BCUT2D eigenvalue weighted by atomic mass is 35.5. The quantitative estimate of drug-likeness (QED) is 0.732. The smallest absolute Gasteiger partial charge is 0.336 e. The number of rotatable bonds is 4. The van der Waals surface area contributed by atoms with Crippen molar-refractivity contribution in [2.45, 2.75) is 6.92 Å². The van der Waals surface area contributed by atoms with Crippen LogP contribution in [0.15, 0.2) is 48.8 Å². The third kappa shape index (κ3) is 3.34. The van der Waals surface area contributed by atoms with Crippen LogP contribution in [0.5, 0.6) is 11.5 Å². The zero-order chi connectivity index (χ0) is 18.7. The first-order valence-corrected chi connectivity index (χ1v) is 7.90. The average molecular weight is 366 g/mol. The van der Waals surface area contributed by atoms with Gasteiger partial charge >= 0.3 is 5.97 Å². The van der Waals surface area contributed by atoms with E-state index in [4.69, 9.17) is 21.4 Å². The van der Waals surface area contributed by atoms with Gasteiger partial charge in [-0.15, -0.1) is 0 Å². The Morgan fingerprint density at radius 1 is 1.23 bits per heavy atom. The fourth-order valence-electron chi connectivity index (χ4n) is 2.50. The van der Waals surface area contributed by atoms with Crippen molar-refractivity contribution in [2.75, 3.05) is 0 Å². The summed E-state index contributed by atoms with van der Waals surface area (Å²) < 4.78 is 5.83. The molecule has 0 amide bonds. The summed E-state index contributed by atoms with van der Waals surface area (Å²) in [5.41, 5.74) is 2.29. The maximum atomic E-state index is 11.2. The third-order valence-corrected chi connectivity index (χ3v) is 4.06. The van der Waals surface area contributed by atoms with Crippen molar-refractivity contribution in [1.29, 1.82) is 5.26 Å². The Morgan fingerprint density at radius 3 is 2.69 bits per heavy atom. The number of nitriles is 1. The Hall–Kier alpha value is -3.43. The largest absolute Gasteiger partial charge is 0.478 e. The molecule has 0 spiro atoms. The number of carbonyl (C=O) groups is 1. The summed E-state index contributed by atoms with van der Waals surface area (Å²) in [4.78, 5) is 11.2. The lowest BCUT2D eigenvalue weighted by molar-refractivity contribution is 0.0696. The number of hydrogen-bond donors (Lipinski definition) is 1. The third-order valence-electron chi connectivity index (χ3n) is 3.76. The van der Waals surface area contributed by atoms with Crippen LogP contribution in [-0.4, -0.2) is 21.3 Å². The molecule has 3 aromatic rings. The highest BCUT2D eigenvalue weighted by Gasteiger charge is 2.16. The molecule has 7 heteroatoms. The van der Waals surface area contributed by atoms with Gasteiger partial charge in [-0.05, 0) is 36.8 Å². The second-order valence-corrected chi connectivity index (χ2v) is 5.83. The number of aromatic carboxylic acids is 1. The molecule has 0 saturated carbocycles. The van der Waals surface area contributed by atoms with E-state index in [2.05, 4.69) is 16.3 Å². The van der Waals surface area contributed by atoms with E-state index in [0.29, 0.717) is 22.4 Å². The molecule has 2 aromatic carbocycles. The second-order valence-electron chi connectivity index (χ2n) is 5.43. The zero-order valence-corrected chi connectivity index (χ0v) is 14.4. The van der Waals surface area contributed by atoms with Crippen LogP contribution in [0.3, 0.4) is 0 Å². The van der Waals surface area contributed by atoms with E-state index < -0.39 is 5.97 Å². The first kappa shape index (κ1) is 17.4. The first-order valence-electron chi connectivity index (χ1n) is 7.52. The van der Waals surface area contributed by atoms with Gasteiger partial charge in [-0.25, -0.2) is 4.79 Å². The molecule has 0 aliphatic rings. The Kier molecular flexibility index (Phi) is 4.83. The van der Waals surface area contributed by atoms with Gasteiger partial charge in [-0.2, -0.15) is 15.5 Å². The average Bonchev–Trinajstić information content (AvgIpc) is 2.64. The number of hydrogen-bond acceptors (Lipinski definition) is 5. The fourth-order valence-corrected chi connectivity index (χ4v) is 2.71. The highest BCUT2D eigenvalue weighted by Crippen LogP contribution is 2.36. The molecule has 1 N–H and O–H groups in total. The molecule has 0 radical (unpaired) electrons. The van der Waals surface area contributed by atoms with Crippen LogP contribution in [0, 0.1) is 18.3 Å². The fraction of sp³-hybridized carbons (Fsp3) is 0.0526. The number of carboxylic acids is 1. The SMILES string of the molecule is Cc1cc(Oc2cccc(-c3ccnnc3)c2C#N)c(Cl)cc1C(=O)O. The van der Waals surface area contributed by atoms with Gasteiger partial charge in [0.1, 0.15) is 23.1 Å². The lowest BCUT2D eigenvalue weighted by Gasteiger charge is -2.13. The summed E-state index contributed by atoms with van der Waals surface area (Å²) in [5.74, 6) is -0.484. The van der Waals surface area contributed by atoms with Crippen LogP contribution in [0.4, 0.5) is 0 Å². The van der Waals surface area contributed by atoms with Crippen LogP contribution >= 0.6 is 11.6 Å². The highest BCUT2D eigenvalue weighted by molar-refractivity contribution is 6.32. The zero-order valence-electron chi connectivity index (χ0n) is 13.6. The summed E-state index contributed by atoms with van der Waals surface area (Å²) in [6.45, 7) is 1.65. The number of nitrogens with zero attached hydrogens (tertiary/aromatic N) is 3. The number of benzene rings is 2. The van der Waals surface area contributed by atoms with E-state index in [-0.39, 0.29) is 16.3 Å². The first-order chi connectivity index (χ1) is 12.5. The van der Waals surface area contributed by atoms with E-state index in [1.165, 1.54) is 18.3 Å². The normalized spacial score (nSPS) is 10.2. The molecule has 1 heterocycles. The van der Waals surface area contributed by atoms with Gasteiger partial charge in [0.15, 0.2) is 0 Å². The lowest BCUT2D eigenvalue weighted by Crippen LogP contribution is -2.01. The molecule has 0 aliphatic heterocycles. The van der Waals surface area contributed by atoms with Crippen molar-refractivity contribution < 1.29 is 14.6 Å². The summed E-state index contributed by atoms with van der Waals surface area (Å²) in [5, 5.41) is 26.5. The van der Waals surface area contributed by atoms with Gasteiger partial charge in [0.25, 0.3) is 0 Å². The van der Waals surface area contributed by atoms with Crippen LogP contribution in [0.1, 0.15) is 21.5 Å². The molecule has 0 fully saturated rings. The molecule has 0 bridgehead atoms. The molecule has 0 unspecified atom stereocenters. The van der Waals surface area contributed by atoms with Crippen molar-refractivity contribution in [3.8, 4) is 28.7 Å². The van der Waals surface area contributed by atoms with Crippen LogP contribution in [0.2, 0.25) is 5.02 Å². The predicted octanol–water partition coefficient (Wildman–Crippen LogP) is 4.47. The van der Waals surface area contributed by atoms with Crippen molar-refractivity contribution in [1.82, 2.24) is 10.2 Å². The molecule has 1 aromatic heterocycles. The molecule has 26 heavy (non-hydrogen) atoms. The number of aromatic nitrogens is 2. The van der Waals surface area contributed by atoms with Gasteiger partial charge in [0.2, 0.25) is 0 Å². The van der Waals surface area contributed by atoms with Crippen molar-refractivity contribution >= 4 is 17.6 Å². The monoisotopic (exact) mass is 365 g/mol. The number of carboxylic acid groups (broad SMARTS) is 1. The van der Waals surface area contributed by atoms with E-state index in [9.17, 15) is 10.1 Å². The van der Waals surface area contributed by atoms with Gasteiger partial charge in [0.05, 0.1) is 23.0 Å². The Morgan fingerprint density at radius 2 is 2.04 bits per heavy atom. The van der Waals surface area contributed by atoms with E-state index in [0.717, 1.165) is 5.56 Å². The molecular formula is C19H12ClN3O3. The van der Waals surface area contributed by atoms with Crippen LogP contribution in [-0.2, 0) is 0 Å². The maximum absolute atomic E-state index is 11.2. The van der Waals surface area contributed by atoms with E-state index >= 15 is 0 Å². The van der Waals surface area contributed by atoms with Crippen molar-refractivity contribution in [3.63, 3.8) is 0 Å². The molecule has 0 aliphatic carbocycles. The summed E-state index contributed by atoms with van der Waals surface area (Å²) in [6.07, 6.45) is 3.09. The van der Waals surface area contributed by atoms with Gasteiger partial charge in [-0.1, -0.05) is 23.7 Å². The number of ether oxygens (including phenoxy) is 1. The second kappa shape index (κ2) is 7.21. The molecule has 128 valence electrons. The van der Waals surface area contributed by atoms with Crippen molar-refractivity contribution in [2.24, 2.45) is 0 Å². The molecule has 0 atom stereocenters. The minimum absolute atomic E-state index is 0.0967.